The molecule has 0 saturated carbocycles. The molecule has 0 fully saturated rings. The van der Waals surface area contributed by atoms with Crippen LogP contribution < -0.4 is 5.73 Å². The number of nitrogens with zero attached hydrogens (tertiary/aromatic N) is 3. The summed E-state index contributed by atoms with van der Waals surface area (Å²) in [6.07, 6.45) is 0. The van der Waals surface area contributed by atoms with Crippen molar-refractivity contribution in [2.75, 3.05) is 7.05 Å². The monoisotopic (exact) mass is 383 g/mol. The second-order valence-electron chi connectivity index (χ2n) is 6.72. The van der Waals surface area contributed by atoms with Gasteiger partial charge in [0.15, 0.2) is 11.5 Å². The van der Waals surface area contributed by atoms with Gasteiger partial charge in [-0.25, -0.2) is 9.38 Å². The SMILES string of the molecule is CN1C(=O)C(c2cc[c]cc2)(c2ccc(F)c(-c3cccc(C#N)c3)c2)N=C1N. The van der Waals surface area contributed by atoms with Gasteiger partial charge in [0.25, 0.3) is 5.91 Å². The van der Waals surface area contributed by atoms with E-state index in [1.54, 1.807) is 61.6 Å². The molecule has 3 aromatic rings. The highest BCUT2D eigenvalue weighted by molar-refractivity contribution is 6.09. The fraction of sp³-hybridized carbons (Fsp3) is 0.0870. The Labute approximate surface area is 167 Å². The van der Waals surface area contributed by atoms with Gasteiger partial charge in [-0.2, -0.15) is 5.26 Å². The van der Waals surface area contributed by atoms with Gasteiger partial charge < -0.3 is 5.73 Å². The molecule has 0 aromatic heterocycles. The molecule has 0 spiro atoms. The lowest BCUT2D eigenvalue weighted by molar-refractivity contribution is -0.129. The van der Waals surface area contributed by atoms with Crippen LogP contribution in [0.15, 0.2) is 71.7 Å². The highest BCUT2D eigenvalue weighted by Crippen LogP contribution is 2.41. The van der Waals surface area contributed by atoms with Crippen molar-refractivity contribution in [1.29, 1.82) is 5.26 Å². The minimum absolute atomic E-state index is 0.0835. The predicted octanol–water partition coefficient (Wildman–Crippen LogP) is 3.19. The number of benzene rings is 3. The van der Waals surface area contributed by atoms with Gasteiger partial charge in [-0.1, -0.05) is 42.5 Å². The van der Waals surface area contributed by atoms with Gasteiger partial charge in [0.05, 0.1) is 11.6 Å². The molecule has 0 bridgehead atoms. The zero-order valence-corrected chi connectivity index (χ0v) is 15.6. The predicted molar refractivity (Wildman–Crippen MR) is 107 cm³/mol. The summed E-state index contributed by atoms with van der Waals surface area (Å²) >= 11 is 0. The third kappa shape index (κ3) is 2.84. The van der Waals surface area contributed by atoms with Crippen molar-refractivity contribution in [1.82, 2.24) is 4.90 Å². The summed E-state index contributed by atoms with van der Waals surface area (Å²) < 4.78 is 14.7. The maximum Gasteiger partial charge on any atom is 0.266 e. The summed E-state index contributed by atoms with van der Waals surface area (Å²) in [4.78, 5) is 19.0. The number of nitriles is 1. The van der Waals surface area contributed by atoms with Crippen LogP contribution in [-0.4, -0.2) is 23.8 Å². The first-order chi connectivity index (χ1) is 14.0. The molecule has 141 valence electrons. The van der Waals surface area contributed by atoms with Crippen molar-refractivity contribution in [2.45, 2.75) is 5.54 Å². The van der Waals surface area contributed by atoms with Crippen molar-refractivity contribution >= 4 is 11.9 Å². The zero-order chi connectivity index (χ0) is 20.6. The van der Waals surface area contributed by atoms with E-state index in [9.17, 15) is 9.18 Å². The summed E-state index contributed by atoms with van der Waals surface area (Å²) in [6, 6.07) is 22.9. The minimum Gasteiger partial charge on any atom is -0.369 e. The van der Waals surface area contributed by atoms with Gasteiger partial charge in [-0.15, -0.1) is 0 Å². The highest BCUT2D eigenvalue weighted by atomic mass is 19.1. The normalized spacial score (nSPS) is 18.4. The van der Waals surface area contributed by atoms with E-state index in [1.807, 2.05) is 0 Å². The third-order valence-electron chi connectivity index (χ3n) is 5.06. The van der Waals surface area contributed by atoms with E-state index < -0.39 is 11.4 Å². The van der Waals surface area contributed by atoms with Crippen molar-refractivity contribution in [3.63, 3.8) is 0 Å². The molecule has 5 nitrogen and oxygen atoms in total. The molecule has 1 atom stereocenters. The lowest BCUT2D eigenvalue weighted by Gasteiger charge is -2.26. The molecule has 6 heteroatoms. The fourth-order valence-electron chi connectivity index (χ4n) is 3.54. The van der Waals surface area contributed by atoms with Gasteiger partial charge in [-0.05, 0) is 47.0 Å². The van der Waals surface area contributed by atoms with E-state index in [1.165, 1.54) is 17.0 Å². The summed E-state index contributed by atoms with van der Waals surface area (Å²) in [6.45, 7) is 0. The van der Waals surface area contributed by atoms with E-state index in [-0.39, 0.29) is 17.4 Å². The lowest BCUT2D eigenvalue weighted by Crippen LogP contribution is -2.41. The van der Waals surface area contributed by atoms with Crippen LogP contribution in [0.2, 0.25) is 0 Å². The van der Waals surface area contributed by atoms with E-state index in [0.29, 0.717) is 22.3 Å². The van der Waals surface area contributed by atoms with Crippen LogP contribution in [0.1, 0.15) is 16.7 Å². The van der Waals surface area contributed by atoms with Crippen molar-refractivity contribution in [3.05, 3.63) is 95.3 Å². The summed E-state index contributed by atoms with van der Waals surface area (Å²) in [5.41, 5.74) is 6.88. The number of carbonyl (C=O) groups excluding carboxylic acids is 1. The number of aliphatic imine (C=N–C) groups is 1. The molecule has 1 heterocycles. The number of halogens is 1. The summed E-state index contributed by atoms with van der Waals surface area (Å²) in [7, 11) is 1.55. The number of amides is 1. The molecule has 4 rings (SSSR count). The Balaban J connectivity index is 1.97. The Morgan fingerprint density at radius 1 is 1.14 bits per heavy atom. The molecule has 1 amide bonds. The van der Waals surface area contributed by atoms with Crippen molar-refractivity contribution < 1.29 is 9.18 Å². The Kier molecular flexibility index (Phi) is 4.36. The topological polar surface area (TPSA) is 82.5 Å². The van der Waals surface area contributed by atoms with Gasteiger partial charge in [0.2, 0.25) is 0 Å². The minimum atomic E-state index is -1.41. The van der Waals surface area contributed by atoms with E-state index >= 15 is 0 Å². The second-order valence-corrected chi connectivity index (χ2v) is 6.72. The quantitative estimate of drug-likeness (QED) is 0.754. The first-order valence-electron chi connectivity index (χ1n) is 8.88. The molecule has 1 unspecified atom stereocenters. The maximum absolute atomic E-state index is 14.7. The molecule has 0 saturated heterocycles. The van der Waals surface area contributed by atoms with Crippen LogP contribution in [-0.2, 0) is 10.3 Å². The Hall–Kier alpha value is -3.98. The van der Waals surface area contributed by atoms with Crippen molar-refractivity contribution in [3.8, 4) is 17.2 Å². The standard InChI is InChI=1S/C23H16FN4O/c1-28-21(29)23(27-22(28)26,17-8-3-2-4-9-17)18-10-11-20(24)19(13-18)16-7-5-6-15(12-16)14-25/h3-13H,1H3,(H2,26,27). The van der Waals surface area contributed by atoms with Crippen LogP contribution in [0.3, 0.4) is 0 Å². The molecular formula is C23H16FN4O. The Morgan fingerprint density at radius 3 is 2.55 bits per heavy atom. The first-order valence-corrected chi connectivity index (χ1v) is 8.88. The largest absolute Gasteiger partial charge is 0.369 e. The van der Waals surface area contributed by atoms with Gasteiger partial charge >= 0.3 is 0 Å². The average molecular weight is 383 g/mol. The summed E-state index contributed by atoms with van der Waals surface area (Å²) in [5.74, 6) is -0.708. The summed E-state index contributed by atoms with van der Waals surface area (Å²) in [5, 5.41) is 9.16. The number of hydrogen-bond donors (Lipinski definition) is 1. The smallest absolute Gasteiger partial charge is 0.266 e. The van der Waals surface area contributed by atoms with Crippen LogP contribution >= 0.6 is 0 Å². The van der Waals surface area contributed by atoms with E-state index in [4.69, 9.17) is 11.0 Å². The average Bonchev–Trinajstić information content (AvgIpc) is 2.99. The van der Waals surface area contributed by atoms with Gasteiger partial charge in [0, 0.05) is 12.6 Å². The number of nitrogens with two attached hydrogens (primary N) is 1. The zero-order valence-electron chi connectivity index (χ0n) is 15.6. The molecule has 1 aliphatic heterocycles. The highest BCUT2D eigenvalue weighted by Gasteiger charge is 2.49. The van der Waals surface area contributed by atoms with Gasteiger partial charge in [0.1, 0.15) is 5.82 Å². The molecular weight excluding hydrogens is 367 g/mol. The first kappa shape index (κ1) is 18.4. The second kappa shape index (κ2) is 6.88. The number of guanidine groups is 1. The Morgan fingerprint density at radius 2 is 1.90 bits per heavy atom. The van der Waals surface area contributed by atoms with Crippen LogP contribution in [0, 0.1) is 23.2 Å². The molecule has 1 radical (unpaired) electrons. The Bertz CT molecular complexity index is 1180. The molecule has 2 N–H and O–H groups in total. The van der Waals surface area contributed by atoms with E-state index in [0.717, 1.165) is 0 Å². The molecule has 3 aromatic carbocycles. The molecule has 0 aliphatic carbocycles. The lowest BCUT2D eigenvalue weighted by atomic mass is 9.81. The van der Waals surface area contributed by atoms with E-state index in [2.05, 4.69) is 17.1 Å². The fourth-order valence-corrected chi connectivity index (χ4v) is 3.54. The van der Waals surface area contributed by atoms with Crippen LogP contribution in [0.25, 0.3) is 11.1 Å². The number of likely N-dealkylation sites (N-methyl/N-ethyl adjacent to an activating group) is 1. The van der Waals surface area contributed by atoms with Crippen LogP contribution in [0.5, 0.6) is 0 Å². The molecule has 1 aliphatic rings. The van der Waals surface area contributed by atoms with Crippen LogP contribution in [0.4, 0.5) is 4.39 Å². The number of rotatable bonds is 3. The van der Waals surface area contributed by atoms with Gasteiger partial charge in [-0.3, -0.25) is 9.69 Å². The molecule has 29 heavy (non-hydrogen) atoms. The maximum atomic E-state index is 14.7. The third-order valence-corrected chi connectivity index (χ3v) is 5.06. The number of hydrogen-bond acceptors (Lipinski definition) is 4. The van der Waals surface area contributed by atoms with Crippen molar-refractivity contribution in [2.24, 2.45) is 10.7 Å². The number of carbonyl (C=O) groups is 1.